The van der Waals surface area contributed by atoms with Gasteiger partial charge in [0.15, 0.2) is 0 Å². The lowest BCUT2D eigenvalue weighted by molar-refractivity contribution is -0.133. The van der Waals surface area contributed by atoms with Crippen molar-refractivity contribution in [3.8, 4) is 5.75 Å². The third kappa shape index (κ3) is 10.6. The molecule has 6 heteroatoms. The number of rotatable bonds is 13. The Hall–Kier alpha value is -2.86. The number of ether oxygens (including phenoxy) is 1. The predicted molar refractivity (Wildman–Crippen MR) is 152 cm³/mol. The zero-order chi connectivity index (χ0) is 27.6. The van der Waals surface area contributed by atoms with Gasteiger partial charge in [-0.25, -0.2) is 0 Å². The highest BCUT2D eigenvalue weighted by Gasteiger charge is 2.31. The number of nitrogens with zero attached hydrogens (tertiary/aromatic N) is 1. The lowest BCUT2D eigenvalue weighted by atomic mass is 9.98. The predicted octanol–water partition coefficient (Wildman–Crippen LogP) is 5.35. The number of carbonyl (C=O) groups excluding carboxylic acids is 2. The number of hydrogen-bond acceptors (Lipinski definition) is 4. The molecule has 1 unspecified atom stereocenters. The van der Waals surface area contributed by atoms with E-state index in [1.165, 1.54) is 0 Å². The molecule has 0 aliphatic carbocycles. The summed E-state index contributed by atoms with van der Waals surface area (Å²) in [6.45, 7) is 14.8. The number of likely N-dealkylation sites (N-methyl/N-ethyl adjacent to an activating group) is 1. The van der Waals surface area contributed by atoms with Crippen molar-refractivity contribution in [3.63, 3.8) is 0 Å². The van der Waals surface area contributed by atoms with Gasteiger partial charge in [0.2, 0.25) is 11.8 Å². The fraction of sp³-hybridized carbons (Fsp3) is 0.548. The average Bonchev–Trinajstić information content (AvgIpc) is 2.84. The number of carbonyl (C=O) groups is 2. The van der Waals surface area contributed by atoms with E-state index in [1.807, 2.05) is 82.4 Å². The summed E-state index contributed by atoms with van der Waals surface area (Å²) in [4.78, 5) is 28.9. The van der Waals surface area contributed by atoms with Gasteiger partial charge in [-0.3, -0.25) is 14.5 Å². The molecule has 37 heavy (non-hydrogen) atoms. The molecule has 2 amide bonds. The van der Waals surface area contributed by atoms with Gasteiger partial charge in [0.25, 0.3) is 0 Å². The Bertz CT molecular complexity index is 967. The monoisotopic (exact) mass is 509 g/mol. The van der Waals surface area contributed by atoms with Crippen LogP contribution in [0.4, 0.5) is 0 Å². The second-order valence-electron chi connectivity index (χ2n) is 11.5. The van der Waals surface area contributed by atoms with Crippen molar-refractivity contribution in [3.05, 3.63) is 65.7 Å². The van der Waals surface area contributed by atoms with E-state index in [0.29, 0.717) is 18.9 Å². The van der Waals surface area contributed by atoms with E-state index in [0.717, 1.165) is 29.7 Å². The maximum Gasteiger partial charge on any atom is 0.243 e. The molecule has 0 saturated carbocycles. The van der Waals surface area contributed by atoms with Crippen molar-refractivity contribution in [2.45, 2.75) is 98.0 Å². The first kappa shape index (κ1) is 30.4. The highest BCUT2D eigenvalue weighted by molar-refractivity contribution is 5.90. The summed E-state index contributed by atoms with van der Waals surface area (Å²) in [7, 11) is 2.00. The van der Waals surface area contributed by atoms with E-state index in [4.69, 9.17) is 4.74 Å². The van der Waals surface area contributed by atoms with Crippen LogP contribution in [0.15, 0.2) is 54.6 Å². The van der Waals surface area contributed by atoms with Gasteiger partial charge in [-0.05, 0) is 76.8 Å². The second kappa shape index (κ2) is 14.2. The van der Waals surface area contributed by atoms with Crippen LogP contribution in [0.1, 0.15) is 72.4 Å². The van der Waals surface area contributed by atoms with Crippen LogP contribution in [0.2, 0.25) is 0 Å². The minimum Gasteiger partial charge on any atom is -0.489 e. The summed E-state index contributed by atoms with van der Waals surface area (Å²) in [6.07, 6.45) is 2.08. The molecule has 6 nitrogen and oxygen atoms in total. The maximum absolute atomic E-state index is 13.5. The molecule has 0 spiro atoms. The topological polar surface area (TPSA) is 70.7 Å². The van der Waals surface area contributed by atoms with E-state index in [1.54, 1.807) is 0 Å². The number of amides is 2. The molecule has 0 heterocycles. The summed E-state index contributed by atoms with van der Waals surface area (Å²) in [5, 5.41) is 6.14. The van der Waals surface area contributed by atoms with E-state index in [-0.39, 0.29) is 23.9 Å². The zero-order valence-electron chi connectivity index (χ0n) is 24.0. The van der Waals surface area contributed by atoms with Crippen LogP contribution < -0.4 is 15.4 Å². The Kier molecular flexibility index (Phi) is 11.6. The van der Waals surface area contributed by atoms with Gasteiger partial charge >= 0.3 is 0 Å². The van der Waals surface area contributed by atoms with E-state index in [9.17, 15) is 9.59 Å². The molecule has 2 aromatic rings. The van der Waals surface area contributed by atoms with Crippen molar-refractivity contribution in [2.24, 2.45) is 5.92 Å². The molecule has 0 bridgehead atoms. The summed E-state index contributed by atoms with van der Waals surface area (Å²) in [5.74, 6) is 0.833. The molecule has 2 N–H and O–H groups in total. The minimum absolute atomic E-state index is 0.103. The van der Waals surface area contributed by atoms with Crippen molar-refractivity contribution in [2.75, 3.05) is 7.05 Å². The van der Waals surface area contributed by atoms with Crippen LogP contribution in [0.25, 0.3) is 0 Å². The molecule has 2 rings (SSSR count). The zero-order valence-corrected chi connectivity index (χ0v) is 24.0. The lowest BCUT2D eigenvalue weighted by Gasteiger charge is -2.34. The van der Waals surface area contributed by atoms with Crippen LogP contribution in [0, 0.1) is 5.92 Å². The highest BCUT2D eigenvalue weighted by Crippen LogP contribution is 2.18. The molecule has 0 aliphatic rings. The third-order valence-corrected chi connectivity index (χ3v) is 6.52. The quantitative estimate of drug-likeness (QED) is 0.382. The van der Waals surface area contributed by atoms with Crippen molar-refractivity contribution < 1.29 is 14.3 Å². The van der Waals surface area contributed by atoms with Crippen LogP contribution in [-0.4, -0.2) is 47.4 Å². The first-order valence-electron chi connectivity index (χ1n) is 13.5. The fourth-order valence-corrected chi connectivity index (χ4v) is 4.13. The third-order valence-electron chi connectivity index (χ3n) is 6.52. The first-order chi connectivity index (χ1) is 17.4. The molecule has 0 aromatic heterocycles. The van der Waals surface area contributed by atoms with Crippen LogP contribution >= 0.6 is 0 Å². The van der Waals surface area contributed by atoms with Gasteiger partial charge in [-0.15, -0.1) is 0 Å². The van der Waals surface area contributed by atoms with Gasteiger partial charge in [0.1, 0.15) is 18.4 Å². The van der Waals surface area contributed by atoms with Crippen molar-refractivity contribution in [1.82, 2.24) is 15.5 Å². The van der Waals surface area contributed by atoms with Crippen LogP contribution in [-0.2, 0) is 22.6 Å². The van der Waals surface area contributed by atoms with E-state index >= 15 is 0 Å². The van der Waals surface area contributed by atoms with Crippen LogP contribution in [0.5, 0.6) is 5.75 Å². The smallest absolute Gasteiger partial charge is 0.243 e. The number of hydrogen-bond donors (Lipinski definition) is 2. The van der Waals surface area contributed by atoms with Gasteiger partial charge in [-0.2, -0.15) is 0 Å². The summed E-state index contributed by atoms with van der Waals surface area (Å²) in [6, 6.07) is 17.1. The molecule has 204 valence electrons. The molecular weight excluding hydrogens is 462 g/mol. The molecule has 0 aliphatic heterocycles. The standard InChI is InChI=1S/C31H47N3O3/c1-9-23(4)34(8)28(19-22(2)3)30(36)32-27(29(35)33-31(5,6)7)20-24-15-17-26(18-16-24)37-21-25-13-11-10-12-14-25/h10-18,22-23,27-28H,9,19-21H2,1-8H3,(H,32,36)(H,33,35)/t23-,27?,28-/m0/s1. The van der Waals surface area contributed by atoms with E-state index in [2.05, 4.69) is 43.2 Å². The Morgan fingerprint density at radius 3 is 2.08 bits per heavy atom. The Balaban J connectivity index is 2.17. The minimum atomic E-state index is -0.678. The molecule has 2 aromatic carbocycles. The Labute approximate surface area is 224 Å². The first-order valence-corrected chi connectivity index (χ1v) is 13.5. The average molecular weight is 510 g/mol. The van der Waals surface area contributed by atoms with E-state index < -0.39 is 11.6 Å². The fourth-order valence-electron chi connectivity index (χ4n) is 4.13. The van der Waals surface area contributed by atoms with Gasteiger partial charge in [0.05, 0.1) is 6.04 Å². The number of nitrogens with one attached hydrogen (secondary N) is 2. The SMILES string of the molecule is CC[C@H](C)N(C)[C@@H](CC(C)C)C(=O)NC(Cc1ccc(OCc2ccccc2)cc1)C(=O)NC(C)(C)C. The van der Waals surface area contributed by atoms with Gasteiger partial charge < -0.3 is 15.4 Å². The Morgan fingerprint density at radius 2 is 1.54 bits per heavy atom. The molecule has 0 radical (unpaired) electrons. The normalized spacial score (nSPS) is 14.2. The lowest BCUT2D eigenvalue weighted by Crippen LogP contribution is -2.57. The van der Waals surface area contributed by atoms with Crippen LogP contribution in [0.3, 0.4) is 0 Å². The Morgan fingerprint density at radius 1 is 0.919 bits per heavy atom. The van der Waals surface area contributed by atoms with Crippen molar-refractivity contribution in [1.29, 1.82) is 0 Å². The van der Waals surface area contributed by atoms with Gasteiger partial charge in [0, 0.05) is 18.0 Å². The largest absolute Gasteiger partial charge is 0.489 e. The summed E-state index contributed by atoms with van der Waals surface area (Å²) >= 11 is 0. The molecule has 0 saturated heterocycles. The molecular formula is C31H47N3O3. The maximum atomic E-state index is 13.5. The van der Waals surface area contributed by atoms with Gasteiger partial charge in [-0.1, -0.05) is 63.2 Å². The van der Waals surface area contributed by atoms with Crippen molar-refractivity contribution >= 4 is 11.8 Å². The summed E-state index contributed by atoms with van der Waals surface area (Å²) < 4.78 is 5.90. The molecule has 0 fully saturated rings. The highest BCUT2D eigenvalue weighted by atomic mass is 16.5. The second-order valence-corrected chi connectivity index (χ2v) is 11.5. The summed E-state index contributed by atoms with van der Waals surface area (Å²) in [5.41, 5.74) is 1.66. The number of benzene rings is 2. The molecule has 3 atom stereocenters.